The van der Waals surface area contributed by atoms with Crippen LogP contribution in [0, 0.1) is 0 Å². The van der Waals surface area contributed by atoms with Crippen LogP contribution in [0.4, 0.5) is 5.69 Å². The Hall–Kier alpha value is -1.50. The third-order valence-electron chi connectivity index (χ3n) is 3.44. The van der Waals surface area contributed by atoms with Gasteiger partial charge in [-0.3, -0.25) is 4.79 Å². The number of anilines is 1. The molecule has 0 saturated carbocycles. The van der Waals surface area contributed by atoms with E-state index in [1.54, 1.807) is 17.2 Å². The van der Waals surface area contributed by atoms with Crippen LogP contribution in [0.15, 0.2) is 12.3 Å². The van der Waals surface area contributed by atoms with Crippen LogP contribution in [-0.4, -0.2) is 48.4 Å². The molecule has 0 unspecified atom stereocenters. The van der Waals surface area contributed by atoms with Crippen LogP contribution >= 0.6 is 0 Å². The number of nitrogens with two attached hydrogens (primary N) is 1. The summed E-state index contributed by atoms with van der Waals surface area (Å²) in [5.41, 5.74) is 6.87. The number of carbonyl (C=O) groups is 1. The van der Waals surface area contributed by atoms with Crippen molar-refractivity contribution in [1.29, 1.82) is 0 Å². The zero-order valence-corrected chi connectivity index (χ0v) is 12.5. The average molecular weight is 299 g/mol. The summed E-state index contributed by atoms with van der Waals surface area (Å²) in [5, 5.41) is 0. The summed E-state index contributed by atoms with van der Waals surface area (Å²) in [6, 6.07) is 1.66. The van der Waals surface area contributed by atoms with E-state index in [0.29, 0.717) is 24.3 Å². The largest absolute Gasteiger partial charge is 0.397 e. The van der Waals surface area contributed by atoms with E-state index in [-0.39, 0.29) is 24.0 Å². The molecular weight excluding hydrogens is 278 g/mol. The fourth-order valence-corrected chi connectivity index (χ4v) is 3.71. The molecular formula is C13H21N3O3S. The normalized spacial score (nSPS) is 18.8. The van der Waals surface area contributed by atoms with Gasteiger partial charge in [-0.15, -0.1) is 0 Å². The quantitative estimate of drug-likeness (QED) is 0.892. The zero-order valence-electron chi connectivity index (χ0n) is 11.7. The lowest BCUT2D eigenvalue weighted by Crippen LogP contribution is -2.34. The van der Waals surface area contributed by atoms with E-state index < -0.39 is 9.84 Å². The molecule has 1 aliphatic rings. The van der Waals surface area contributed by atoms with Gasteiger partial charge in [-0.25, -0.2) is 8.42 Å². The monoisotopic (exact) mass is 299 g/mol. The lowest BCUT2D eigenvalue weighted by Gasteiger charge is -2.20. The number of nitrogens with zero attached hydrogens (tertiary/aromatic N) is 2. The molecule has 1 amide bonds. The van der Waals surface area contributed by atoms with Gasteiger partial charge in [0.1, 0.15) is 5.69 Å². The fraction of sp³-hybridized carbons (Fsp3) is 0.615. The van der Waals surface area contributed by atoms with Crippen LogP contribution < -0.4 is 5.73 Å². The number of aromatic nitrogens is 1. The van der Waals surface area contributed by atoms with Crippen molar-refractivity contribution >= 4 is 21.4 Å². The highest BCUT2D eigenvalue weighted by atomic mass is 32.2. The van der Waals surface area contributed by atoms with Crippen molar-refractivity contribution in [3.63, 3.8) is 0 Å². The van der Waals surface area contributed by atoms with Gasteiger partial charge in [-0.05, 0) is 18.9 Å². The molecule has 7 heteroatoms. The minimum Gasteiger partial charge on any atom is -0.397 e. The van der Waals surface area contributed by atoms with Crippen LogP contribution in [-0.2, 0) is 16.4 Å². The van der Waals surface area contributed by atoms with Crippen molar-refractivity contribution in [1.82, 2.24) is 9.47 Å². The predicted octanol–water partition coefficient (Wildman–Crippen LogP) is 0.741. The molecule has 2 heterocycles. The van der Waals surface area contributed by atoms with E-state index in [9.17, 15) is 13.2 Å². The molecule has 0 aromatic carbocycles. The molecule has 0 radical (unpaired) electrons. The van der Waals surface area contributed by atoms with Crippen molar-refractivity contribution < 1.29 is 13.2 Å². The highest BCUT2D eigenvalue weighted by Gasteiger charge is 2.25. The molecule has 1 fully saturated rings. The molecule has 0 spiro atoms. The molecule has 1 aliphatic heterocycles. The molecule has 1 saturated heterocycles. The summed E-state index contributed by atoms with van der Waals surface area (Å²) < 4.78 is 25.0. The third kappa shape index (κ3) is 3.33. The van der Waals surface area contributed by atoms with Gasteiger partial charge in [0.25, 0.3) is 5.91 Å². The maximum atomic E-state index is 12.5. The van der Waals surface area contributed by atoms with Crippen molar-refractivity contribution in [2.24, 2.45) is 0 Å². The van der Waals surface area contributed by atoms with Gasteiger partial charge in [-0.1, -0.05) is 6.92 Å². The Balaban J connectivity index is 2.18. The molecule has 0 bridgehead atoms. The fourth-order valence-electron chi connectivity index (χ4n) is 2.44. The summed E-state index contributed by atoms with van der Waals surface area (Å²) in [6.45, 7) is 3.50. The molecule has 6 nitrogen and oxygen atoms in total. The topological polar surface area (TPSA) is 85.4 Å². The van der Waals surface area contributed by atoms with Crippen LogP contribution in [0.1, 0.15) is 30.3 Å². The summed E-state index contributed by atoms with van der Waals surface area (Å²) >= 11 is 0. The van der Waals surface area contributed by atoms with Gasteiger partial charge >= 0.3 is 0 Å². The number of rotatable bonds is 3. The SMILES string of the molecule is CCCn1cc(N)cc1C(=O)N1CCCS(=O)(=O)CC1. The Morgan fingerprint density at radius 1 is 1.35 bits per heavy atom. The molecule has 0 aliphatic carbocycles. The Kier molecular flexibility index (Phi) is 4.37. The second kappa shape index (κ2) is 5.87. The molecule has 2 rings (SSSR count). The standard InChI is InChI=1S/C13H21N3O3S/c1-2-4-16-10-11(14)9-12(16)13(17)15-5-3-7-20(18,19)8-6-15/h9-10H,2-8,14H2,1H3. The number of amides is 1. The molecule has 2 N–H and O–H groups in total. The smallest absolute Gasteiger partial charge is 0.270 e. The van der Waals surface area contributed by atoms with E-state index in [4.69, 9.17) is 5.73 Å². The van der Waals surface area contributed by atoms with E-state index in [1.165, 1.54) is 0 Å². The highest BCUT2D eigenvalue weighted by Crippen LogP contribution is 2.16. The minimum absolute atomic E-state index is 0.0444. The zero-order chi connectivity index (χ0) is 14.8. The maximum Gasteiger partial charge on any atom is 0.270 e. The van der Waals surface area contributed by atoms with Crippen molar-refractivity contribution in [3.05, 3.63) is 18.0 Å². The number of aryl methyl sites for hydroxylation is 1. The Bertz CT molecular complexity index is 592. The Labute approximate surface area is 119 Å². The lowest BCUT2D eigenvalue weighted by molar-refractivity contribution is 0.0757. The number of nitrogen functional groups attached to an aromatic ring is 1. The maximum absolute atomic E-state index is 12.5. The van der Waals surface area contributed by atoms with Crippen LogP contribution in [0.2, 0.25) is 0 Å². The van der Waals surface area contributed by atoms with E-state index >= 15 is 0 Å². The first-order valence-corrected chi connectivity index (χ1v) is 8.70. The lowest BCUT2D eigenvalue weighted by atomic mass is 10.3. The third-order valence-corrected chi connectivity index (χ3v) is 5.16. The molecule has 1 aromatic heterocycles. The van der Waals surface area contributed by atoms with Crippen molar-refractivity contribution in [3.8, 4) is 0 Å². The Morgan fingerprint density at radius 2 is 2.10 bits per heavy atom. The number of hydrogen-bond donors (Lipinski definition) is 1. The first-order valence-electron chi connectivity index (χ1n) is 6.88. The summed E-state index contributed by atoms with van der Waals surface area (Å²) in [7, 11) is -3.01. The first kappa shape index (κ1) is 14.9. The summed E-state index contributed by atoms with van der Waals surface area (Å²) in [6.07, 6.45) is 3.16. The number of sulfone groups is 1. The summed E-state index contributed by atoms with van der Waals surface area (Å²) in [5.74, 6) is 0.0738. The Morgan fingerprint density at radius 3 is 2.80 bits per heavy atom. The van der Waals surface area contributed by atoms with E-state index in [0.717, 1.165) is 13.0 Å². The van der Waals surface area contributed by atoms with Crippen LogP contribution in [0.25, 0.3) is 0 Å². The van der Waals surface area contributed by atoms with Crippen LogP contribution in [0.3, 0.4) is 0 Å². The summed E-state index contributed by atoms with van der Waals surface area (Å²) in [4.78, 5) is 14.1. The second-order valence-electron chi connectivity index (χ2n) is 5.15. The van der Waals surface area contributed by atoms with Gasteiger partial charge in [-0.2, -0.15) is 0 Å². The average Bonchev–Trinajstić information content (AvgIpc) is 2.63. The van der Waals surface area contributed by atoms with Gasteiger partial charge < -0.3 is 15.2 Å². The van der Waals surface area contributed by atoms with Crippen molar-refractivity contribution in [2.45, 2.75) is 26.3 Å². The van der Waals surface area contributed by atoms with Gasteiger partial charge in [0.05, 0.1) is 17.2 Å². The minimum atomic E-state index is -3.01. The first-order chi connectivity index (χ1) is 9.43. The van der Waals surface area contributed by atoms with E-state index in [2.05, 4.69) is 0 Å². The number of hydrogen-bond acceptors (Lipinski definition) is 4. The molecule has 0 atom stereocenters. The van der Waals surface area contributed by atoms with E-state index in [1.807, 2.05) is 11.5 Å². The molecule has 112 valence electrons. The van der Waals surface area contributed by atoms with Gasteiger partial charge in [0, 0.05) is 25.8 Å². The van der Waals surface area contributed by atoms with Gasteiger partial charge in [0.15, 0.2) is 9.84 Å². The molecule has 20 heavy (non-hydrogen) atoms. The van der Waals surface area contributed by atoms with Crippen molar-refractivity contribution in [2.75, 3.05) is 30.3 Å². The van der Waals surface area contributed by atoms with Gasteiger partial charge in [0.2, 0.25) is 0 Å². The second-order valence-corrected chi connectivity index (χ2v) is 7.45. The van der Waals surface area contributed by atoms with Crippen LogP contribution in [0.5, 0.6) is 0 Å². The molecule has 1 aromatic rings. The predicted molar refractivity (Wildman–Crippen MR) is 78.3 cm³/mol. The highest BCUT2D eigenvalue weighted by molar-refractivity contribution is 7.91. The number of carbonyl (C=O) groups excluding carboxylic acids is 1.